The topological polar surface area (TPSA) is 85.1 Å². The van der Waals surface area contributed by atoms with E-state index >= 15 is 0 Å². The van der Waals surface area contributed by atoms with Gasteiger partial charge in [0.05, 0.1) is 12.2 Å². The molecule has 0 saturated carbocycles. The number of anilines is 1. The van der Waals surface area contributed by atoms with E-state index in [0.717, 1.165) is 21.9 Å². The average molecular weight is 311 g/mol. The van der Waals surface area contributed by atoms with E-state index in [9.17, 15) is 8.42 Å². The largest absolute Gasteiger partial charge is 0.398 e. The first-order valence-corrected chi connectivity index (χ1v) is 8.51. The van der Waals surface area contributed by atoms with Crippen molar-refractivity contribution in [2.24, 2.45) is 0 Å². The van der Waals surface area contributed by atoms with Gasteiger partial charge in [-0.15, -0.1) is 11.3 Å². The fourth-order valence-corrected chi connectivity index (χ4v) is 3.73. The number of nitrogens with two attached hydrogens (primary N) is 1. The fourth-order valence-electron chi connectivity index (χ4n) is 1.74. The number of aromatic nitrogens is 1. The number of thiazole rings is 1. The van der Waals surface area contributed by atoms with Gasteiger partial charge < -0.3 is 5.73 Å². The lowest BCUT2D eigenvalue weighted by Crippen LogP contribution is -2.24. The zero-order valence-corrected chi connectivity index (χ0v) is 13.0. The second-order valence-corrected chi connectivity index (χ2v) is 7.37. The van der Waals surface area contributed by atoms with Gasteiger partial charge in [0.25, 0.3) is 0 Å². The third kappa shape index (κ3) is 3.36. The van der Waals surface area contributed by atoms with Crippen LogP contribution >= 0.6 is 11.3 Å². The van der Waals surface area contributed by atoms with Crippen molar-refractivity contribution in [3.63, 3.8) is 0 Å². The third-order valence-electron chi connectivity index (χ3n) is 2.82. The highest BCUT2D eigenvalue weighted by molar-refractivity contribution is 7.89. The van der Waals surface area contributed by atoms with Gasteiger partial charge in [-0.25, -0.2) is 18.1 Å². The van der Waals surface area contributed by atoms with Crippen molar-refractivity contribution in [1.29, 1.82) is 0 Å². The van der Waals surface area contributed by atoms with Crippen LogP contribution in [0.1, 0.15) is 22.4 Å². The minimum Gasteiger partial charge on any atom is -0.398 e. The molecule has 1 heterocycles. The predicted octanol–water partition coefficient (Wildman–Crippen LogP) is 2.07. The van der Waals surface area contributed by atoms with Crippen LogP contribution < -0.4 is 10.5 Å². The molecule has 0 amide bonds. The number of nitrogens with one attached hydrogen (secondary N) is 1. The number of hydrogen-bond acceptors (Lipinski definition) is 5. The van der Waals surface area contributed by atoms with Gasteiger partial charge in [0, 0.05) is 11.1 Å². The molecular weight excluding hydrogens is 294 g/mol. The number of nitrogens with zero attached hydrogens (tertiary/aromatic N) is 1. The fraction of sp³-hybridized carbons (Fsp3) is 0.308. The number of hydrogen-bond donors (Lipinski definition) is 2. The van der Waals surface area contributed by atoms with Crippen LogP contribution in [0.15, 0.2) is 29.3 Å². The molecule has 0 aliphatic rings. The van der Waals surface area contributed by atoms with E-state index in [2.05, 4.69) is 9.71 Å². The summed E-state index contributed by atoms with van der Waals surface area (Å²) in [4.78, 5) is 5.42. The number of sulfonamides is 1. The molecule has 0 spiro atoms. The second kappa shape index (κ2) is 5.90. The summed E-state index contributed by atoms with van der Waals surface area (Å²) < 4.78 is 26.9. The lowest BCUT2D eigenvalue weighted by molar-refractivity contribution is 0.581. The Morgan fingerprint density at radius 3 is 2.75 bits per heavy atom. The van der Waals surface area contributed by atoms with Crippen molar-refractivity contribution in [1.82, 2.24) is 9.71 Å². The predicted molar refractivity (Wildman–Crippen MR) is 81.1 cm³/mol. The molecule has 2 aromatic rings. The summed E-state index contributed by atoms with van der Waals surface area (Å²) in [7, 11) is -3.61. The normalized spacial score (nSPS) is 11.7. The molecule has 1 aromatic carbocycles. The van der Waals surface area contributed by atoms with Gasteiger partial charge in [0.2, 0.25) is 10.0 Å². The molecule has 20 heavy (non-hydrogen) atoms. The molecule has 0 fully saturated rings. The van der Waals surface area contributed by atoms with Gasteiger partial charge in [-0.05, 0) is 31.0 Å². The Hall–Kier alpha value is -1.44. The van der Waals surface area contributed by atoms with Crippen LogP contribution in [-0.2, 0) is 23.0 Å². The molecule has 2 rings (SSSR count). The molecule has 0 bridgehead atoms. The van der Waals surface area contributed by atoms with E-state index in [-0.39, 0.29) is 17.1 Å². The van der Waals surface area contributed by atoms with Crippen LogP contribution in [0.2, 0.25) is 0 Å². The van der Waals surface area contributed by atoms with Crippen LogP contribution in [0.5, 0.6) is 0 Å². The van der Waals surface area contributed by atoms with Crippen LogP contribution in [0, 0.1) is 6.92 Å². The highest BCUT2D eigenvalue weighted by atomic mass is 32.2. The van der Waals surface area contributed by atoms with E-state index in [4.69, 9.17) is 5.73 Å². The molecule has 0 saturated heterocycles. The Kier molecular flexibility index (Phi) is 4.42. The van der Waals surface area contributed by atoms with Crippen molar-refractivity contribution in [3.05, 3.63) is 39.8 Å². The lowest BCUT2D eigenvalue weighted by Gasteiger charge is -2.08. The number of nitrogen functional groups attached to an aromatic ring is 1. The standard InChI is InChI=1S/C13H17N3O2S2/c1-3-10-7-15-13(19-10)8-16-20(17,18)12-5-4-9(2)6-11(12)14/h4-7,16H,3,8,14H2,1-2H3. The van der Waals surface area contributed by atoms with Gasteiger partial charge in [-0.2, -0.15) is 0 Å². The molecule has 0 aliphatic heterocycles. The van der Waals surface area contributed by atoms with Crippen LogP contribution in [0.25, 0.3) is 0 Å². The molecule has 0 unspecified atom stereocenters. The summed E-state index contributed by atoms with van der Waals surface area (Å²) in [6.07, 6.45) is 2.67. The summed E-state index contributed by atoms with van der Waals surface area (Å²) >= 11 is 1.51. The molecule has 5 nitrogen and oxygen atoms in total. The zero-order valence-electron chi connectivity index (χ0n) is 11.4. The highest BCUT2D eigenvalue weighted by Crippen LogP contribution is 2.20. The molecule has 7 heteroatoms. The molecule has 108 valence electrons. The maximum absolute atomic E-state index is 12.2. The van der Waals surface area contributed by atoms with Gasteiger partial charge in [-0.3, -0.25) is 0 Å². The third-order valence-corrected chi connectivity index (χ3v) is 5.43. The lowest BCUT2D eigenvalue weighted by atomic mass is 10.2. The van der Waals surface area contributed by atoms with Crippen LogP contribution in [0.4, 0.5) is 5.69 Å². The van der Waals surface area contributed by atoms with Crippen LogP contribution in [0.3, 0.4) is 0 Å². The van der Waals surface area contributed by atoms with E-state index < -0.39 is 10.0 Å². The first-order valence-electron chi connectivity index (χ1n) is 6.21. The molecule has 0 aliphatic carbocycles. The Balaban J connectivity index is 2.14. The first kappa shape index (κ1) is 15.0. The number of rotatable bonds is 5. The van der Waals surface area contributed by atoms with Gasteiger partial charge >= 0.3 is 0 Å². The highest BCUT2D eigenvalue weighted by Gasteiger charge is 2.17. The first-order chi connectivity index (χ1) is 9.42. The van der Waals surface area contributed by atoms with Gasteiger partial charge in [-0.1, -0.05) is 13.0 Å². The number of benzene rings is 1. The Bertz CT molecular complexity index is 708. The van der Waals surface area contributed by atoms with Crippen molar-refractivity contribution in [3.8, 4) is 0 Å². The summed E-state index contributed by atoms with van der Waals surface area (Å²) in [5, 5.41) is 0.746. The maximum Gasteiger partial charge on any atom is 0.242 e. The van der Waals surface area contributed by atoms with Crippen LogP contribution in [-0.4, -0.2) is 13.4 Å². The van der Waals surface area contributed by atoms with Crippen molar-refractivity contribution >= 4 is 27.0 Å². The second-order valence-electron chi connectivity index (χ2n) is 4.44. The molecule has 1 aromatic heterocycles. The van der Waals surface area contributed by atoms with Crippen molar-refractivity contribution in [2.45, 2.75) is 31.7 Å². The zero-order chi connectivity index (χ0) is 14.8. The minimum atomic E-state index is -3.61. The van der Waals surface area contributed by atoms with Crippen molar-refractivity contribution < 1.29 is 8.42 Å². The smallest absolute Gasteiger partial charge is 0.242 e. The summed E-state index contributed by atoms with van der Waals surface area (Å²) in [5.41, 5.74) is 6.95. The van der Waals surface area contributed by atoms with E-state index in [1.54, 1.807) is 18.3 Å². The average Bonchev–Trinajstić information content (AvgIpc) is 2.84. The Morgan fingerprint density at radius 2 is 2.15 bits per heavy atom. The molecule has 0 atom stereocenters. The minimum absolute atomic E-state index is 0.107. The van der Waals surface area contributed by atoms with E-state index in [0.29, 0.717) is 0 Å². The van der Waals surface area contributed by atoms with Crippen molar-refractivity contribution in [2.75, 3.05) is 5.73 Å². The SMILES string of the molecule is CCc1cnc(CNS(=O)(=O)c2ccc(C)cc2N)s1. The summed E-state index contributed by atoms with van der Waals surface area (Å²) in [6.45, 7) is 4.08. The van der Waals surface area contributed by atoms with E-state index in [1.807, 2.05) is 13.8 Å². The molecule has 0 radical (unpaired) electrons. The van der Waals surface area contributed by atoms with Gasteiger partial charge in [0.1, 0.15) is 9.90 Å². The quantitative estimate of drug-likeness (QED) is 0.828. The molecular formula is C13H17N3O2S2. The van der Waals surface area contributed by atoms with Gasteiger partial charge in [0.15, 0.2) is 0 Å². The maximum atomic E-state index is 12.2. The monoisotopic (exact) mass is 311 g/mol. The summed E-state index contributed by atoms with van der Waals surface area (Å²) in [6, 6.07) is 4.89. The van der Waals surface area contributed by atoms with E-state index in [1.165, 1.54) is 17.4 Å². The Labute approximate surface area is 122 Å². The molecule has 3 N–H and O–H groups in total. The summed E-state index contributed by atoms with van der Waals surface area (Å²) in [5.74, 6) is 0. The Morgan fingerprint density at radius 1 is 1.40 bits per heavy atom. The number of aryl methyl sites for hydroxylation is 2.